The second-order valence-electron chi connectivity index (χ2n) is 5.26. The highest BCUT2D eigenvalue weighted by atomic mass is 16.5. The summed E-state index contributed by atoms with van der Waals surface area (Å²) in [6.45, 7) is 0.364. The molecule has 1 fully saturated rings. The third kappa shape index (κ3) is 2.52. The number of carbonyl (C=O) groups is 2. The second-order valence-corrected chi connectivity index (χ2v) is 5.26. The molecule has 2 aromatic rings. The highest BCUT2D eigenvalue weighted by molar-refractivity contribution is 6.03. The number of hydrogen-bond donors (Lipinski definition) is 2. The van der Waals surface area contributed by atoms with Crippen LogP contribution in [0.2, 0.25) is 0 Å². The number of nitrogens with zero attached hydrogens (tertiary/aromatic N) is 3. The normalized spacial score (nSPS) is 21.4. The molecule has 0 bridgehead atoms. The quantitative estimate of drug-likeness (QED) is 0.859. The molecule has 1 saturated heterocycles. The molecule has 0 spiro atoms. The van der Waals surface area contributed by atoms with E-state index in [-0.39, 0.29) is 30.2 Å². The summed E-state index contributed by atoms with van der Waals surface area (Å²) >= 11 is 0. The van der Waals surface area contributed by atoms with Crippen molar-refractivity contribution in [1.29, 1.82) is 0 Å². The number of amides is 1. The van der Waals surface area contributed by atoms with E-state index in [0.29, 0.717) is 24.0 Å². The molecule has 1 aliphatic rings. The molecule has 22 heavy (non-hydrogen) atoms. The van der Waals surface area contributed by atoms with E-state index >= 15 is 0 Å². The first-order valence-electron chi connectivity index (χ1n) is 6.93. The number of H-pyrrole nitrogens is 1. The van der Waals surface area contributed by atoms with Crippen LogP contribution in [0.25, 0.3) is 11.0 Å². The van der Waals surface area contributed by atoms with Crippen LogP contribution >= 0.6 is 0 Å². The highest BCUT2D eigenvalue weighted by Gasteiger charge is 2.37. The van der Waals surface area contributed by atoms with Crippen LogP contribution in [-0.4, -0.2) is 62.6 Å². The number of carbonyl (C=O) groups excluding carboxylic acids is 1. The minimum atomic E-state index is -0.936. The van der Waals surface area contributed by atoms with Gasteiger partial charge in [0.15, 0.2) is 0 Å². The van der Waals surface area contributed by atoms with Gasteiger partial charge in [-0.2, -0.15) is 0 Å². The van der Waals surface area contributed by atoms with Crippen LogP contribution < -0.4 is 0 Å². The van der Waals surface area contributed by atoms with Crippen molar-refractivity contribution in [3.05, 3.63) is 24.3 Å². The Bertz CT molecular complexity index is 714. The van der Waals surface area contributed by atoms with Crippen LogP contribution in [-0.2, 0) is 9.53 Å². The van der Waals surface area contributed by atoms with Gasteiger partial charge >= 0.3 is 5.97 Å². The van der Waals surface area contributed by atoms with Gasteiger partial charge in [-0.3, -0.25) is 9.59 Å². The Balaban J connectivity index is 1.92. The minimum Gasteiger partial charge on any atom is -0.481 e. The number of aromatic amines is 1. The first-order valence-corrected chi connectivity index (χ1v) is 6.93. The Morgan fingerprint density at radius 1 is 1.50 bits per heavy atom. The summed E-state index contributed by atoms with van der Waals surface area (Å²) in [6, 6.07) is 1.34. The Labute approximate surface area is 126 Å². The van der Waals surface area contributed by atoms with Crippen LogP contribution in [0, 0.1) is 0 Å². The highest BCUT2D eigenvalue weighted by Crippen LogP contribution is 2.26. The van der Waals surface area contributed by atoms with Crippen LogP contribution in [0.3, 0.4) is 0 Å². The average Bonchev–Trinajstić information content (AvgIpc) is 3.11. The summed E-state index contributed by atoms with van der Waals surface area (Å²) in [7, 11) is 1.56. The fourth-order valence-electron chi connectivity index (χ4n) is 2.87. The van der Waals surface area contributed by atoms with E-state index in [9.17, 15) is 9.59 Å². The fourth-order valence-corrected chi connectivity index (χ4v) is 2.87. The van der Waals surface area contributed by atoms with Gasteiger partial charge in [0.2, 0.25) is 0 Å². The Kier molecular flexibility index (Phi) is 3.76. The molecule has 2 aromatic heterocycles. The third-order valence-corrected chi connectivity index (χ3v) is 3.94. The molecule has 1 aliphatic heterocycles. The van der Waals surface area contributed by atoms with E-state index in [4.69, 9.17) is 9.84 Å². The maximum absolute atomic E-state index is 12.8. The largest absolute Gasteiger partial charge is 0.481 e. The number of carboxylic acid groups (broad SMARTS) is 1. The minimum absolute atomic E-state index is 0.104. The van der Waals surface area contributed by atoms with Crippen molar-refractivity contribution in [1.82, 2.24) is 19.9 Å². The lowest BCUT2D eigenvalue weighted by molar-refractivity contribution is -0.137. The maximum Gasteiger partial charge on any atom is 0.305 e. The smallest absolute Gasteiger partial charge is 0.305 e. The number of aromatic nitrogens is 3. The molecular weight excluding hydrogens is 288 g/mol. The molecule has 2 unspecified atom stereocenters. The van der Waals surface area contributed by atoms with E-state index < -0.39 is 5.97 Å². The monoisotopic (exact) mass is 304 g/mol. The van der Waals surface area contributed by atoms with Crippen LogP contribution in [0.1, 0.15) is 23.3 Å². The molecule has 0 saturated carbocycles. The van der Waals surface area contributed by atoms with Crippen LogP contribution in [0.4, 0.5) is 0 Å². The fraction of sp³-hybridized carbons (Fsp3) is 0.429. The Hall–Kier alpha value is -2.48. The predicted molar refractivity (Wildman–Crippen MR) is 76.4 cm³/mol. The Morgan fingerprint density at radius 3 is 3.05 bits per heavy atom. The number of rotatable bonds is 4. The molecule has 3 heterocycles. The van der Waals surface area contributed by atoms with E-state index in [1.165, 1.54) is 11.2 Å². The van der Waals surface area contributed by atoms with Gasteiger partial charge in [-0.15, -0.1) is 0 Å². The van der Waals surface area contributed by atoms with E-state index in [1.54, 1.807) is 19.4 Å². The zero-order valence-electron chi connectivity index (χ0n) is 12.0. The van der Waals surface area contributed by atoms with Crippen molar-refractivity contribution in [2.75, 3.05) is 13.7 Å². The van der Waals surface area contributed by atoms with Crippen molar-refractivity contribution in [2.24, 2.45) is 0 Å². The topological polar surface area (TPSA) is 108 Å². The Morgan fingerprint density at radius 2 is 2.32 bits per heavy atom. The zero-order valence-corrected chi connectivity index (χ0v) is 12.0. The first-order chi connectivity index (χ1) is 10.6. The second kappa shape index (κ2) is 5.72. The van der Waals surface area contributed by atoms with Gasteiger partial charge in [0, 0.05) is 25.9 Å². The average molecular weight is 304 g/mol. The molecule has 2 atom stereocenters. The van der Waals surface area contributed by atoms with Gasteiger partial charge in [-0.25, -0.2) is 9.97 Å². The maximum atomic E-state index is 12.8. The number of carboxylic acids is 1. The molecule has 0 aliphatic carbocycles. The van der Waals surface area contributed by atoms with Gasteiger partial charge in [0.1, 0.15) is 17.7 Å². The number of ether oxygens (including phenoxy) is 1. The summed E-state index contributed by atoms with van der Waals surface area (Å²) in [4.78, 5) is 36.4. The van der Waals surface area contributed by atoms with Gasteiger partial charge < -0.3 is 19.7 Å². The summed E-state index contributed by atoms with van der Waals surface area (Å²) in [5.74, 6) is -1.23. The van der Waals surface area contributed by atoms with Crippen molar-refractivity contribution >= 4 is 22.9 Å². The lowest BCUT2D eigenvalue weighted by Crippen LogP contribution is -2.37. The van der Waals surface area contributed by atoms with Crippen molar-refractivity contribution in [3.63, 3.8) is 0 Å². The number of methoxy groups -OCH3 is 1. The molecule has 116 valence electrons. The van der Waals surface area contributed by atoms with Gasteiger partial charge in [0.05, 0.1) is 17.9 Å². The van der Waals surface area contributed by atoms with Crippen molar-refractivity contribution < 1.29 is 19.4 Å². The molecule has 2 N–H and O–H groups in total. The van der Waals surface area contributed by atoms with Gasteiger partial charge in [-0.05, 0) is 12.5 Å². The molecule has 0 aromatic carbocycles. The predicted octanol–water partition coefficient (Wildman–Crippen LogP) is 0.662. The zero-order chi connectivity index (χ0) is 15.7. The number of fused-ring (bicyclic) bond motifs is 1. The summed E-state index contributed by atoms with van der Waals surface area (Å²) < 4.78 is 5.29. The lowest BCUT2D eigenvalue weighted by Gasteiger charge is -2.22. The number of likely N-dealkylation sites (tertiary alicyclic amines) is 1. The number of aliphatic carboxylic acids is 1. The summed E-state index contributed by atoms with van der Waals surface area (Å²) in [5.41, 5.74) is 0.856. The molecule has 1 amide bonds. The molecule has 3 rings (SSSR count). The SMILES string of the molecule is COC1CC(CC(=O)O)N(C(=O)c2ncnc3[nH]ccc23)C1. The molecule has 8 heteroatoms. The van der Waals surface area contributed by atoms with Gasteiger partial charge in [0.25, 0.3) is 5.91 Å². The molecular formula is C14H16N4O4. The van der Waals surface area contributed by atoms with E-state index in [2.05, 4.69) is 15.0 Å². The standard InChI is InChI=1S/C14H16N4O4/c1-22-9-4-8(5-11(19)20)18(6-9)14(21)12-10-2-3-15-13(10)17-7-16-12/h2-3,7-9H,4-6H2,1H3,(H,19,20)(H,15,16,17). The van der Waals surface area contributed by atoms with Gasteiger partial charge in [-0.1, -0.05) is 0 Å². The molecule has 0 radical (unpaired) electrons. The van der Waals surface area contributed by atoms with Crippen molar-refractivity contribution in [2.45, 2.75) is 25.0 Å². The number of hydrogen-bond acceptors (Lipinski definition) is 5. The first kappa shape index (κ1) is 14.5. The van der Waals surface area contributed by atoms with E-state index in [0.717, 1.165) is 0 Å². The van der Waals surface area contributed by atoms with Crippen LogP contribution in [0.15, 0.2) is 18.6 Å². The summed E-state index contributed by atoms with van der Waals surface area (Å²) in [6.07, 6.45) is 3.26. The third-order valence-electron chi connectivity index (χ3n) is 3.94. The molecule has 8 nitrogen and oxygen atoms in total. The lowest BCUT2D eigenvalue weighted by atomic mass is 10.1. The van der Waals surface area contributed by atoms with E-state index in [1.807, 2.05) is 0 Å². The van der Waals surface area contributed by atoms with Crippen molar-refractivity contribution in [3.8, 4) is 0 Å². The summed E-state index contributed by atoms with van der Waals surface area (Å²) in [5, 5.41) is 9.66. The number of nitrogens with one attached hydrogen (secondary N) is 1. The van der Waals surface area contributed by atoms with Crippen LogP contribution in [0.5, 0.6) is 0 Å².